The molecule has 0 amide bonds. The highest BCUT2D eigenvalue weighted by Gasteiger charge is 2.13. The number of carboxylic acids is 1. The highest BCUT2D eigenvalue weighted by molar-refractivity contribution is 5.91. The predicted octanol–water partition coefficient (Wildman–Crippen LogP) is 2.45. The van der Waals surface area contributed by atoms with Gasteiger partial charge in [0, 0.05) is 12.3 Å². The fraction of sp³-hybridized carbons (Fsp3) is 0.0714. The van der Waals surface area contributed by atoms with Gasteiger partial charge in [0.1, 0.15) is 34.6 Å². The highest BCUT2D eigenvalue weighted by Crippen LogP contribution is 2.28. The Morgan fingerprint density at radius 3 is 2.75 bits per heavy atom. The van der Waals surface area contributed by atoms with E-state index in [1.165, 1.54) is 37.6 Å². The van der Waals surface area contributed by atoms with Crippen molar-refractivity contribution >= 4 is 5.97 Å². The maximum absolute atomic E-state index is 11.2. The summed E-state index contributed by atoms with van der Waals surface area (Å²) in [5.74, 6) is -0.215. The average molecular weight is 270 g/mol. The molecule has 0 radical (unpaired) electrons. The number of hydrogen-bond acceptors (Lipinski definition) is 5. The number of nitriles is 1. The molecule has 1 heterocycles. The minimum Gasteiger partial charge on any atom is -0.497 e. The standard InChI is InChI=1S/C14H10N2O4/c1-19-10-2-3-13(12(7-10)14(17)18)20-11-4-5-16-9(6-11)8-15/h2-7H,1H3,(H,17,18). The van der Waals surface area contributed by atoms with E-state index in [1.54, 1.807) is 6.07 Å². The molecule has 1 aromatic heterocycles. The van der Waals surface area contributed by atoms with Gasteiger partial charge in [-0.3, -0.25) is 0 Å². The first-order valence-electron chi connectivity index (χ1n) is 5.59. The Balaban J connectivity index is 2.37. The van der Waals surface area contributed by atoms with Crippen molar-refractivity contribution in [3.8, 4) is 23.3 Å². The summed E-state index contributed by atoms with van der Waals surface area (Å²) < 4.78 is 10.5. The second-order valence-electron chi connectivity index (χ2n) is 3.76. The Morgan fingerprint density at radius 1 is 1.30 bits per heavy atom. The minimum absolute atomic E-state index is 0.0281. The summed E-state index contributed by atoms with van der Waals surface area (Å²) in [4.78, 5) is 15.0. The van der Waals surface area contributed by atoms with E-state index in [-0.39, 0.29) is 17.0 Å². The summed E-state index contributed by atoms with van der Waals surface area (Å²) in [5, 5.41) is 17.9. The lowest BCUT2D eigenvalue weighted by Crippen LogP contribution is -2.01. The van der Waals surface area contributed by atoms with Gasteiger partial charge < -0.3 is 14.6 Å². The Bertz CT molecular complexity index is 692. The first-order chi connectivity index (χ1) is 9.63. The van der Waals surface area contributed by atoms with Gasteiger partial charge in [-0.1, -0.05) is 0 Å². The van der Waals surface area contributed by atoms with Gasteiger partial charge in [-0.2, -0.15) is 5.26 Å². The molecule has 0 atom stereocenters. The van der Waals surface area contributed by atoms with Crippen molar-refractivity contribution in [2.45, 2.75) is 0 Å². The molecule has 0 spiro atoms. The molecule has 0 saturated carbocycles. The monoisotopic (exact) mass is 270 g/mol. The molecule has 1 aromatic carbocycles. The van der Waals surface area contributed by atoms with E-state index in [2.05, 4.69) is 4.98 Å². The Morgan fingerprint density at radius 2 is 2.10 bits per heavy atom. The summed E-state index contributed by atoms with van der Waals surface area (Å²) >= 11 is 0. The molecule has 0 aliphatic rings. The number of methoxy groups -OCH3 is 1. The van der Waals surface area contributed by atoms with E-state index < -0.39 is 5.97 Å². The molecule has 0 unspecified atom stereocenters. The van der Waals surface area contributed by atoms with Gasteiger partial charge in [0.25, 0.3) is 0 Å². The fourth-order valence-corrected chi connectivity index (χ4v) is 1.55. The van der Waals surface area contributed by atoms with Crippen LogP contribution >= 0.6 is 0 Å². The number of benzene rings is 1. The number of carbonyl (C=O) groups is 1. The zero-order valence-corrected chi connectivity index (χ0v) is 10.5. The van der Waals surface area contributed by atoms with Crippen LogP contribution in [0.15, 0.2) is 36.5 Å². The third-order valence-corrected chi connectivity index (χ3v) is 2.49. The molecular formula is C14H10N2O4. The lowest BCUT2D eigenvalue weighted by molar-refractivity contribution is 0.0693. The first kappa shape index (κ1) is 13.4. The summed E-state index contributed by atoms with van der Waals surface area (Å²) in [7, 11) is 1.45. The van der Waals surface area contributed by atoms with Gasteiger partial charge in [-0.15, -0.1) is 0 Å². The largest absolute Gasteiger partial charge is 0.497 e. The first-order valence-corrected chi connectivity index (χ1v) is 5.59. The zero-order valence-electron chi connectivity index (χ0n) is 10.5. The Labute approximate surface area is 114 Å². The van der Waals surface area contributed by atoms with Crippen molar-refractivity contribution in [1.29, 1.82) is 5.26 Å². The number of carboxylic acid groups (broad SMARTS) is 1. The van der Waals surface area contributed by atoms with Crippen molar-refractivity contribution in [3.63, 3.8) is 0 Å². The van der Waals surface area contributed by atoms with E-state index in [1.807, 2.05) is 6.07 Å². The molecule has 6 heteroatoms. The number of ether oxygens (including phenoxy) is 2. The third-order valence-electron chi connectivity index (χ3n) is 2.49. The normalized spacial score (nSPS) is 9.60. The molecule has 0 fully saturated rings. The van der Waals surface area contributed by atoms with Gasteiger partial charge in [0.05, 0.1) is 7.11 Å². The number of aromatic carboxylic acids is 1. The van der Waals surface area contributed by atoms with Crippen LogP contribution in [0.2, 0.25) is 0 Å². The smallest absolute Gasteiger partial charge is 0.339 e. The van der Waals surface area contributed by atoms with Crippen molar-refractivity contribution < 1.29 is 19.4 Å². The number of pyridine rings is 1. The van der Waals surface area contributed by atoms with Crippen LogP contribution in [0.5, 0.6) is 17.2 Å². The van der Waals surface area contributed by atoms with E-state index in [4.69, 9.17) is 19.8 Å². The molecule has 0 saturated heterocycles. The van der Waals surface area contributed by atoms with E-state index in [0.29, 0.717) is 11.5 Å². The molecule has 2 rings (SSSR count). The number of hydrogen-bond donors (Lipinski definition) is 1. The van der Waals surface area contributed by atoms with Crippen LogP contribution < -0.4 is 9.47 Å². The molecule has 6 nitrogen and oxygen atoms in total. The molecule has 1 N–H and O–H groups in total. The summed E-state index contributed by atoms with van der Waals surface area (Å²) in [5.41, 5.74) is 0.160. The van der Waals surface area contributed by atoms with Gasteiger partial charge in [-0.05, 0) is 24.3 Å². The van der Waals surface area contributed by atoms with Gasteiger partial charge >= 0.3 is 5.97 Å². The molecular weight excluding hydrogens is 260 g/mol. The summed E-state index contributed by atoms with van der Waals surface area (Å²) in [6.07, 6.45) is 1.41. The van der Waals surface area contributed by atoms with Crippen LogP contribution in [0, 0.1) is 11.3 Å². The maximum atomic E-state index is 11.2. The number of nitrogens with zero attached hydrogens (tertiary/aromatic N) is 2. The van der Waals surface area contributed by atoms with Crippen LogP contribution in [0.25, 0.3) is 0 Å². The van der Waals surface area contributed by atoms with E-state index >= 15 is 0 Å². The average Bonchev–Trinajstić information content (AvgIpc) is 2.47. The molecule has 0 aliphatic heterocycles. The lowest BCUT2D eigenvalue weighted by Gasteiger charge is -2.10. The second kappa shape index (κ2) is 5.71. The number of aromatic nitrogens is 1. The van der Waals surface area contributed by atoms with Crippen molar-refractivity contribution in [2.24, 2.45) is 0 Å². The Hall–Kier alpha value is -3.07. The van der Waals surface area contributed by atoms with Crippen LogP contribution in [0.3, 0.4) is 0 Å². The zero-order chi connectivity index (χ0) is 14.5. The van der Waals surface area contributed by atoms with Crippen LogP contribution in [-0.2, 0) is 0 Å². The second-order valence-corrected chi connectivity index (χ2v) is 3.76. The van der Waals surface area contributed by atoms with Crippen molar-refractivity contribution in [3.05, 3.63) is 47.8 Å². The molecule has 20 heavy (non-hydrogen) atoms. The van der Waals surface area contributed by atoms with Crippen molar-refractivity contribution in [2.75, 3.05) is 7.11 Å². The molecule has 2 aromatic rings. The van der Waals surface area contributed by atoms with E-state index in [9.17, 15) is 4.79 Å². The quantitative estimate of drug-likeness (QED) is 0.917. The van der Waals surface area contributed by atoms with Crippen LogP contribution in [-0.4, -0.2) is 23.2 Å². The van der Waals surface area contributed by atoms with E-state index in [0.717, 1.165) is 0 Å². The highest BCUT2D eigenvalue weighted by atomic mass is 16.5. The fourth-order valence-electron chi connectivity index (χ4n) is 1.55. The summed E-state index contributed by atoms with van der Waals surface area (Å²) in [6, 6.07) is 9.30. The van der Waals surface area contributed by atoms with Gasteiger partial charge in [0.15, 0.2) is 0 Å². The lowest BCUT2D eigenvalue weighted by atomic mass is 10.2. The number of rotatable bonds is 4. The third kappa shape index (κ3) is 2.84. The topological polar surface area (TPSA) is 92.4 Å². The molecule has 0 aliphatic carbocycles. The Kier molecular flexibility index (Phi) is 3.82. The molecule has 0 bridgehead atoms. The van der Waals surface area contributed by atoms with Crippen molar-refractivity contribution in [1.82, 2.24) is 4.98 Å². The minimum atomic E-state index is -1.13. The van der Waals surface area contributed by atoms with Gasteiger partial charge in [0.2, 0.25) is 0 Å². The predicted molar refractivity (Wildman–Crippen MR) is 69.0 cm³/mol. The van der Waals surface area contributed by atoms with Crippen LogP contribution in [0.4, 0.5) is 0 Å². The molecule has 100 valence electrons. The summed E-state index contributed by atoms with van der Waals surface area (Å²) in [6.45, 7) is 0. The maximum Gasteiger partial charge on any atom is 0.339 e. The van der Waals surface area contributed by atoms with Gasteiger partial charge in [-0.25, -0.2) is 9.78 Å². The van der Waals surface area contributed by atoms with Crippen LogP contribution in [0.1, 0.15) is 16.1 Å². The SMILES string of the molecule is COc1ccc(Oc2ccnc(C#N)c2)c(C(=O)O)c1.